The van der Waals surface area contributed by atoms with Gasteiger partial charge in [0.15, 0.2) is 17.6 Å². The van der Waals surface area contributed by atoms with Gasteiger partial charge in [-0.05, 0) is 54.5 Å². The molecule has 0 radical (unpaired) electrons. The van der Waals surface area contributed by atoms with Gasteiger partial charge in [-0.2, -0.15) is 0 Å². The van der Waals surface area contributed by atoms with E-state index < -0.39 is 0 Å². The van der Waals surface area contributed by atoms with Gasteiger partial charge in [-0.25, -0.2) is 4.79 Å². The van der Waals surface area contributed by atoms with Gasteiger partial charge in [0, 0.05) is 17.4 Å². The lowest BCUT2D eigenvalue weighted by Gasteiger charge is -2.24. The second-order valence-electron chi connectivity index (χ2n) is 8.80. The molecule has 0 N–H and O–H groups in total. The van der Waals surface area contributed by atoms with Crippen LogP contribution in [0.4, 0.5) is 0 Å². The molecule has 1 aromatic heterocycles. The van der Waals surface area contributed by atoms with Crippen molar-refractivity contribution >= 4 is 17.3 Å². The lowest BCUT2D eigenvalue weighted by Crippen LogP contribution is -2.33. The summed E-state index contributed by atoms with van der Waals surface area (Å²) in [5.74, 6) is 1.39. The molecule has 1 aliphatic rings. The fourth-order valence-electron chi connectivity index (χ4n) is 4.02. The van der Waals surface area contributed by atoms with Crippen molar-refractivity contribution < 1.29 is 23.7 Å². The summed E-state index contributed by atoms with van der Waals surface area (Å²) in [7, 11) is 0. The first-order valence-corrected chi connectivity index (χ1v) is 13.5. The van der Waals surface area contributed by atoms with Crippen molar-refractivity contribution in [2.24, 2.45) is 0 Å². The fourth-order valence-corrected chi connectivity index (χ4v) is 4.69. The molecule has 35 heavy (non-hydrogen) atoms. The Kier molecular flexibility index (Phi) is 9.61. The van der Waals surface area contributed by atoms with Crippen molar-refractivity contribution in [2.75, 3.05) is 26.4 Å². The molecule has 4 rings (SSSR count). The summed E-state index contributed by atoms with van der Waals surface area (Å²) in [5.41, 5.74) is 4.20. The smallest absolute Gasteiger partial charge is 0.338 e. The SMILES string of the molecule is CCCc1ccc(-c2ccc(C(=O)OCCCCCCOCC3COc4cscc4O3)cc2)cc1. The molecule has 1 atom stereocenters. The van der Waals surface area contributed by atoms with E-state index in [0.29, 0.717) is 32.0 Å². The largest absolute Gasteiger partial charge is 0.485 e. The maximum Gasteiger partial charge on any atom is 0.338 e. The molecule has 0 saturated carbocycles. The van der Waals surface area contributed by atoms with Crippen LogP contribution in [0.5, 0.6) is 11.5 Å². The molecular weight excluding hydrogens is 460 g/mol. The zero-order chi connectivity index (χ0) is 24.3. The number of unbranched alkanes of at least 4 members (excludes halogenated alkanes) is 3. The van der Waals surface area contributed by atoms with Crippen LogP contribution in [0.2, 0.25) is 0 Å². The molecule has 2 heterocycles. The minimum Gasteiger partial charge on any atom is -0.485 e. The predicted molar refractivity (Wildman–Crippen MR) is 140 cm³/mol. The van der Waals surface area contributed by atoms with Gasteiger partial charge >= 0.3 is 5.97 Å². The van der Waals surface area contributed by atoms with Crippen LogP contribution in [0.1, 0.15) is 54.9 Å². The van der Waals surface area contributed by atoms with Gasteiger partial charge in [0.1, 0.15) is 6.61 Å². The summed E-state index contributed by atoms with van der Waals surface area (Å²) >= 11 is 1.58. The molecule has 2 aromatic carbocycles. The van der Waals surface area contributed by atoms with E-state index in [-0.39, 0.29) is 12.1 Å². The van der Waals surface area contributed by atoms with Crippen LogP contribution in [0.25, 0.3) is 11.1 Å². The van der Waals surface area contributed by atoms with Crippen LogP contribution in [0.3, 0.4) is 0 Å². The van der Waals surface area contributed by atoms with E-state index in [9.17, 15) is 4.79 Å². The number of rotatable bonds is 13. The molecule has 0 amide bonds. The van der Waals surface area contributed by atoms with Crippen molar-refractivity contribution in [3.05, 3.63) is 70.4 Å². The van der Waals surface area contributed by atoms with Crippen molar-refractivity contribution in [3.63, 3.8) is 0 Å². The number of hydrogen-bond acceptors (Lipinski definition) is 6. The minimum atomic E-state index is -0.262. The zero-order valence-electron chi connectivity index (χ0n) is 20.4. The third-order valence-corrected chi connectivity index (χ3v) is 6.68. The molecule has 0 saturated heterocycles. The molecule has 6 heteroatoms. The van der Waals surface area contributed by atoms with E-state index in [1.54, 1.807) is 11.3 Å². The van der Waals surface area contributed by atoms with E-state index >= 15 is 0 Å². The Hall–Kier alpha value is -2.83. The molecule has 1 unspecified atom stereocenters. The fraction of sp³-hybridized carbons (Fsp3) is 0.414. The molecule has 3 aromatic rings. The second kappa shape index (κ2) is 13.3. The number of aryl methyl sites for hydroxylation is 1. The van der Waals surface area contributed by atoms with Crippen LogP contribution in [0, 0.1) is 0 Å². The average molecular weight is 495 g/mol. The van der Waals surface area contributed by atoms with Gasteiger partial charge in [0.2, 0.25) is 0 Å². The first kappa shape index (κ1) is 25.3. The van der Waals surface area contributed by atoms with Crippen LogP contribution in [0.15, 0.2) is 59.3 Å². The Morgan fingerprint density at radius 3 is 2.34 bits per heavy atom. The first-order chi connectivity index (χ1) is 17.2. The summed E-state index contributed by atoms with van der Waals surface area (Å²) in [6, 6.07) is 16.3. The third kappa shape index (κ3) is 7.58. The summed E-state index contributed by atoms with van der Waals surface area (Å²) in [4.78, 5) is 12.3. The lowest BCUT2D eigenvalue weighted by atomic mass is 10.0. The molecule has 1 aliphatic heterocycles. The number of carbonyl (C=O) groups excluding carboxylic acids is 1. The Morgan fingerprint density at radius 1 is 0.914 bits per heavy atom. The quantitative estimate of drug-likeness (QED) is 0.190. The second-order valence-corrected chi connectivity index (χ2v) is 9.54. The Morgan fingerprint density at radius 2 is 1.60 bits per heavy atom. The van der Waals surface area contributed by atoms with Crippen LogP contribution >= 0.6 is 11.3 Å². The number of ether oxygens (including phenoxy) is 4. The van der Waals surface area contributed by atoms with Crippen molar-refractivity contribution in [1.82, 2.24) is 0 Å². The summed E-state index contributed by atoms with van der Waals surface area (Å²) < 4.78 is 22.7. The number of carbonyl (C=O) groups is 1. The van der Waals surface area contributed by atoms with E-state index in [1.807, 2.05) is 35.0 Å². The average Bonchev–Trinajstić information content (AvgIpc) is 3.36. The number of thiophene rings is 1. The minimum absolute atomic E-state index is 0.0445. The van der Waals surface area contributed by atoms with Gasteiger partial charge in [0.05, 0.1) is 18.8 Å². The van der Waals surface area contributed by atoms with Crippen LogP contribution in [-0.2, 0) is 15.9 Å². The lowest BCUT2D eigenvalue weighted by molar-refractivity contribution is 0.00833. The molecule has 0 fully saturated rings. The highest BCUT2D eigenvalue weighted by Gasteiger charge is 2.21. The number of fused-ring (bicyclic) bond motifs is 1. The van der Waals surface area contributed by atoms with E-state index in [2.05, 4.69) is 31.2 Å². The van der Waals surface area contributed by atoms with Gasteiger partial charge in [-0.15, -0.1) is 11.3 Å². The highest BCUT2D eigenvalue weighted by Crippen LogP contribution is 2.35. The van der Waals surface area contributed by atoms with Gasteiger partial charge < -0.3 is 18.9 Å². The molecule has 0 bridgehead atoms. The van der Waals surface area contributed by atoms with Crippen molar-refractivity contribution in [3.8, 4) is 22.6 Å². The van der Waals surface area contributed by atoms with Gasteiger partial charge in [0.25, 0.3) is 0 Å². The summed E-state index contributed by atoms with van der Waals surface area (Å²) in [5, 5.41) is 3.91. The molecular formula is C29H34O5S. The summed E-state index contributed by atoms with van der Waals surface area (Å²) in [6.07, 6.45) is 6.08. The first-order valence-electron chi connectivity index (χ1n) is 12.5. The Labute approximate surface area is 212 Å². The summed E-state index contributed by atoms with van der Waals surface area (Å²) in [6.45, 7) is 4.40. The molecule has 186 valence electrons. The van der Waals surface area contributed by atoms with E-state index in [1.165, 1.54) is 5.56 Å². The third-order valence-electron chi connectivity index (χ3n) is 5.98. The van der Waals surface area contributed by atoms with Gasteiger partial charge in [-0.1, -0.05) is 56.2 Å². The Balaban J connectivity index is 1.05. The van der Waals surface area contributed by atoms with Crippen molar-refractivity contribution in [2.45, 2.75) is 51.6 Å². The van der Waals surface area contributed by atoms with E-state index in [0.717, 1.165) is 61.2 Å². The maximum atomic E-state index is 12.3. The topological polar surface area (TPSA) is 54.0 Å². The van der Waals surface area contributed by atoms with Crippen LogP contribution < -0.4 is 9.47 Å². The van der Waals surface area contributed by atoms with Gasteiger partial charge in [-0.3, -0.25) is 0 Å². The van der Waals surface area contributed by atoms with E-state index in [4.69, 9.17) is 18.9 Å². The predicted octanol–water partition coefficient (Wildman–Crippen LogP) is 6.94. The number of esters is 1. The highest BCUT2D eigenvalue weighted by atomic mass is 32.1. The Bertz CT molecular complexity index is 1040. The number of hydrogen-bond donors (Lipinski definition) is 0. The normalized spacial score (nSPS) is 14.6. The monoisotopic (exact) mass is 494 g/mol. The molecule has 0 spiro atoms. The maximum absolute atomic E-state index is 12.3. The highest BCUT2D eigenvalue weighted by molar-refractivity contribution is 7.08. The molecule has 0 aliphatic carbocycles. The standard InChI is InChI=1S/C29H34O5S/c1-2-7-22-8-10-23(11-9-22)24-12-14-25(15-13-24)29(30)32-17-6-4-3-5-16-31-18-26-19-33-27-20-35-21-28(27)34-26/h8-15,20-21,26H,2-7,16-19H2,1H3. The molecule has 5 nitrogen and oxygen atoms in total. The number of benzene rings is 2. The van der Waals surface area contributed by atoms with Crippen LogP contribution in [-0.4, -0.2) is 38.5 Å². The van der Waals surface area contributed by atoms with Crippen molar-refractivity contribution in [1.29, 1.82) is 0 Å². The zero-order valence-corrected chi connectivity index (χ0v) is 21.2.